The Labute approximate surface area is 174 Å². The van der Waals surface area contributed by atoms with Crippen LogP contribution in [0.15, 0.2) is 42.5 Å². The van der Waals surface area contributed by atoms with E-state index < -0.39 is 5.97 Å². The van der Waals surface area contributed by atoms with Gasteiger partial charge in [-0.15, -0.1) is 0 Å². The van der Waals surface area contributed by atoms with Crippen molar-refractivity contribution in [3.8, 4) is 5.69 Å². The molecule has 1 saturated carbocycles. The van der Waals surface area contributed by atoms with Crippen LogP contribution in [0.25, 0.3) is 5.69 Å². The van der Waals surface area contributed by atoms with Gasteiger partial charge in [0.05, 0.1) is 17.3 Å². The SMILES string of the molecule is Cc1ccc(-n2nc(C)c(F)c2N2CCc3cc(C4CC4C(=O)O)ccc3C2)cc1. The van der Waals surface area contributed by atoms with E-state index in [1.807, 2.05) is 42.2 Å². The number of hydrogen-bond acceptors (Lipinski definition) is 3. The van der Waals surface area contributed by atoms with Gasteiger partial charge in [0.1, 0.15) is 0 Å². The van der Waals surface area contributed by atoms with Crippen molar-refractivity contribution in [2.45, 2.75) is 39.2 Å². The number of carbonyl (C=O) groups is 1. The molecule has 5 rings (SSSR count). The summed E-state index contributed by atoms with van der Waals surface area (Å²) in [4.78, 5) is 13.2. The summed E-state index contributed by atoms with van der Waals surface area (Å²) in [5.41, 5.74) is 5.89. The first-order valence-electron chi connectivity index (χ1n) is 10.3. The van der Waals surface area contributed by atoms with E-state index >= 15 is 4.39 Å². The van der Waals surface area contributed by atoms with Gasteiger partial charge in [-0.05, 0) is 61.4 Å². The Morgan fingerprint density at radius 3 is 2.60 bits per heavy atom. The van der Waals surface area contributed by atoms with Crippen LogP contribution in [0.1, 0.15) is 40.3 Å². The van der Waals surface area contributed by atoms with Crippen LogP contribution in [-0.4, -0.2) is 27.4 Å². The van der Waals surface area contributed by atoms with E-state index in [-0.39, 0.29) is 17.7 Å². The molecule has 0 amide bonds. The van der Waals surface area contributed by atoms with Crippen molar-refractivity contribution in [1.29, 1.82) is 0 Å². The van der Waals surface area contributed by atoms with E-state index in [0.717, 1.165) is 35.2 Å². The fourth-order valence-corrected chi connectivity index (χ4v) is 4.46. The predicted molar refractivity (Wildman–Crippen MR) is 113 cm³/mol. The third kappa shape index (κ3) is 3.16. The quantitative estimate of drug-likeness (QED) is 0.700. The van der Waals surface area contributed by atoms with Crippen molar-refractivity contribution < 1.29 is 14.3 Å². The van der Waals surface area contributed by atoms with Gasteiger partial charge in [0.2, 0.25) is 0 Å². The maximum Gasteiger partial charge on any atom is 0.307 e. The summed E-state index contributed by atoms with van der Waals surface area (Å²) in [6, 6.07) is 14.2. The summed E-state index contributed by atoms with van der Waals surface area (Å²) in [5.74, 6) is -0.603. The van der Waals surface area contributed by atoms with Crippen LogP contribution >= 0.6 is 0 Å². The Bertz CT molecular complexity index is 1140. The third-order valence-electron chi connectivity index (χ3n) is 6.32. The highest BCUT2D eigenvalue weighted by Crippen LogP contribution is 2.48. The molecule has 5 nitrogen and oxygen atoms in total. The first kappa shape index (κ1) is 18.9. The number of aryl methyl sites for hydroxylation is 2. The molecule has 154 valence electrons. The van der Waals surface area contributed by atoms with Crippen molar-refractivity contribution in [2.75, 3.05) is 11.4 Å². The number of aliphatic carboxylic acids is 1. The maximum absolute atomic E-state index is 15.1. The van der Waals surface area contributed by atoms with Gasteiger partial charge >= 0.3 is 5.97 Å². The van der Waals surface area contributed by atoms with Gasteiger partial charge in [-0.25, -0.2) is 9.07 Å². The molecular formula is C24H24FN3O2. The molecule has 6 heteroatoms. The van der Waals surface area contributed by atoms with Crippen molar-refractivity contribution in [3.05, 3.63) is 76.2 Å². The number of benzene rings is 2. The van der Waals surface area contributed by atoms with Gasteiger partial charge in [-0.3, -0.25) is 4.79 Å². The van der Waals surface area contributed by atoms with Gasteiger partial charge < -0.3 is 10.0 Å². The fraction of sp³-hybridized carbons (Fsp3) is 0.333. The molecular weight excluding hydrogens is 381 g/mol. The second-order valence-corrected chi connectivity index (χ2v) is 8.46. The van der Waals surface area contributed by atoms with E-state index in [1.165, 1.54) is 5.56 Å². The molecule has 0 bridgehead atoms. The minimum atomic E-state index is -0.709. The van der Waals surface area contributed by atoms with Crippen LogP contribution in [0.5, 0.6) is 0 Å². The standard InChI is InChI=1S/C24H24FN3O2/c1-14-3-7-19(8-4-14)28-23(22(25)15(2)26-28)27-10-9-16-11-17(5-6-18(16)13-27)20-12-21(20)24(29)30/h3-8,11,20-21H,9-10,12-13H2,1-2H3,(H,29,30). The van der Waals surface area contributed by atoms with Crippen molar-refractivity contribution in [3.63, 3.8) is 0 Å². The van der Waals surface area contributed by atoms with Gasteiger partial charge in [-0.1, -0.05) is 35.9 Å². The molecule has 1 aliphatic heterocycles. The molecule has 0 spiro atoms. The topological polar surface area (TPSA) is 58.4 Å². The van der Waals surface area contributed by atoms with Crippen LogP contribution in [0, 0.1) is 25.6 Å². The lowest BCUT2D eigenvalue weighted by Crippen LogP contribution is -2.32. The highest BCUT2D eigenvalue weighted by Gasteiger charge is 2.44. The van der Waals surface area contributed by atoms with Crippen LogP contribution in [0.2, 0.25) is 0 Å². The number of carboxylic acid groups (broad SMARTS) is 1. The Balaban J connectivity index is 1.44. The summed E-state index contributed by atoms with van der Waals surface area (Å²) in [6.45, 7) is 5.02. The highest BCUT2D eigenvalue weighted by molar-refractivity contribution is 5.75. The number of anilines is 1. The number of fused-ring (bicyclic) bond motifs is 1. The van der Waals surface area contributed by atoms with Crippen molar-refractivity contribution >= 4 is 11.8 Å². The zero-order chi connectivity index (χ0) is 21.0. The maximum atomic E-state index is 15.1. The van der Waals surface area contributed by atoms with Crippen molar-refractivity contribution in [1.82, 2.24) is 9.78 Å². The summed E-state index contributed by atoms with van der Waals surface area (Å²) in [5, 5.41) is 13.7. The first-order chi connectivity index (χ1) is 14.4. The number of hydrogen-bond donors (Lipinski definition) is 1. The summed E-state index contributed by atoms with van der Waals surface area (Å²) in [6.07, 6.45) is 1.52. The molecule has 2 aromatic carbocycles. The first-order valence-corrected chi connectivity index (χ1v) is 10.3. The second-order valence-electron chi connectivity index (χ2n) is 8.46. The van der Waals surface area contributed by atoms with Gasteiger partial charge in [0.15, 0.2) is 11.6 Å². The lowest BCUT2D eigenvalue weighted by molar-refractivity contribution is -0.138. The molecule has 2 atom stereocenters. The molecule has 0 radical (unpaired) electrons. The van der Waals surface area contributed by atoms with Crippen LogP contribution in [0.4, 0.5) is 10.2 Å². The van der Waals surface area contributed by atoms with E-state index in [4.69, 9.17) is 0 Å². The number of nitrogens with zero attached hydrogens (tertiary/aromatic N) is 3. The lowest BCUT2D eigenvalue weighted by Gasteiger charge is -2.31. The zero-order valence-electron chi connectivity index (χ0n) is 17.1. The molecule has 2 unspecified atom stereocenters. The molecule has 3 aromatic rings. The van der Waals surface area contributed by atoms with Gasteiger partial charge in [-0.2, -0.15) is 5.10 Å². The summed E-state index contributed by atoms with van der Waals surface area (Å²) >= 11 is 0. The Hall–Kier alpha value is -3.15. The molecule has 1 aliphatic carbocycles. The van der Waals surface area contributed by atoms with E-state index in [2.05, 4.69) is 17.2 Å². The molecule has 1 aromatic heterocycles. The summed E-state index contributed by atoms with van der Waals surface area (Å²) < 4.78 is 16.8. The van der Waals surface area contributed by atoms with Crippen LogP contribution in [0.3, 0.4) is 0 Å². The Morgan fingerprint density at radius 1 is 1.13 bits per heavy atom. The Morgan fingerprint density at radius 2 is 1.90 bits per heavy atom. The average molecular weight is 405 g/mol. The van der Waals surface area contributed by atoms with Crippen LogP contribution < -0.4 is 4.90 Å². The lowest BCUT2D eigenvalue weighted by atomic mass is 9.95. The van der Waals surface area contributed by atoms with Gasteiger partial charge in [0.25, 0.3) is 0 Å². The van der Waals surface area contributed by atoms with Crippen LogP contribution in [-0.2, 0) is 17.8 Å². The number of aromatic nitrogens is 2. The largest absolute Gasteiger partial charge is 0.481 e. The normalized spacial score (nSPS) is 20.2. The molecule has 1 N–H and O–H groups in total. The number of rotatable bonds is 4. The molecule has 1 fully saturated rings. The van der Waals surface area contributed by atoms with E-state index in [0.29, 0.717) is 24.6 Å². The van der Waals surface area contributed by atoms with E-state index in [9.17, 15) is 9.90 Å². The molecule has 0 saturated heterocycles. The monoisotopic (exact) mass is 405 g/mol. The second kappa shape index (κ2) is 6.97. The minimum Gasteiger partial charge on any atom is -0.481 e. The third-order valence-corrected chi connectivity index (χ3v) is 6.32. The van der Waals surface area contributed by atoms with Crippen molar-refractivity contribution in [2.24, 2.45) is 5.92 Å². The molecule has 2 aliphatic rings. The summed E-state index contributed by atoms with van der Waals surface area (Å²) in [7, 11) is 0. The average Bonchev–Trinajstić information content (AvgIpc) is 3.49. The fourth-order valence-electron chi connectivity index (χ4n) is 4.46. The number of carboxylic acids is 1. The number of halogens is 1. The minimum absolute atomic E-state index is 0.133. The smallest absolute Gasteiger partial charge is 0.307 e. The van der Waals surface area contributed by atoms with E-state index in [1.54, 1.807) is 11.6 Å². The zero-order valence-corrected chi connectivity index (χ0v) is 17.1. The molecule has 2 heterocycles. The highest BCUT2D eigenvalue weighted by atomic mass is 19.1. The Kier molecular flexibility index (Phi) is 4.38. The molecule has 30 heavy (non-hydrogen) atoms. The van der Waals surface area contributed by atoms with Gasteiger partial charge in [0, 0.05) is 13.1 Å². The predicted octanol–water partition coefficient (Wildman–Crippen LogP) is 4.38.